The fraction of sp³-hybridized carbons (Fsp3) is 0.500. The van der Waals surface area contributed by atoms with E-state index in [4.69, 9.17) is 5.26 Å². The van der Waals surface area contributed by atoms with Crippen molar-refractivity contribution >= 4 is 33.7 Å². The van der Waals surface area contributed by atoms with Crippen LogP contribution in [-0.2, 0) is 4.79 Å². The summed E-state index contributed by atoms with van der Waals surface area (Å²) in [6.45, 7) is 1.45. The predicted octanol–water partition coefficient (Wildman–Crippen LogP) is 0.0560. The third-order valence-electron chi connectivity index (χ3n) is 0.803. The van der Waals surface area contributed by atoms with Gasteiger partial charge in [-0.05, 0) is 0 Å². The summed E-state index contributed by atoms with van der Waals surface area (Å²) >= 11 is 0.664. The molecule has 1 atom stereocenters. The van der Waals surface area contributed by atoms with Gasteiger partial charge in [0.15, 0.2) is 0 Å². The molecule has 0 spiro atoms. The number of rotatable bonds is 1. The molecular weight excluding hydrogens is 101 g/mol. The van der Waals surface area contributed by atoms with Crippen molar-refractivity contribution in [2.24, 2.45) is 0 Å². The van der Waals surface area contributed by atoms with E-state index in [1.165, 1.54) is 6.92 Å². The van der Waals surface area contributed by atoms with E-state index in [9.17, 15) is 4.79 Å². The van der Waals surface area contributed by atoms with Crippen molar-refractivity contribution in [1.82, 2.24) is 0 Å². The summed E-state index contributed by atoms with van der Waals surface area (Å²) in [4.78, 5) is 10.2. The van der Waals surface area contributed by atoms with Gasteiger partial charge in [-0.1, -0.05) is 0 Å². The zero-order chi connectivity index (χ0) is 5.86. The van der Waals surface area contributed by atoms with E-state index >= 15 is 0 Å². The number of carbonyl (C=O) groups excluding carboxylic acids is 1. The Morgan fingerprint density at radius 2 is 2.43 bits per heavy atom. The molecule has 0 radical (unpaired) electrons. The summed E-state index contributed by atoms with van der Waals surface area (Å²) in [5.41, 5.74) is 0. The number of Topliss-reactive ketones (excluding diaryl/α,β-unsaturated/α-hetero) is 1. The standard InChI is InChI=1S/C4H4NO.Na/c1-4(6)2-3-5;/h2H,1H3;. The molecule has 0 amide bonds. The minimum absolute atomic E-state index is 0.00540. The van der Waals surface area contributed by atoms with E-state index in [1.807, 2.05) is 6.07 Å². The fourth-order valence-corrected chi connectivity index (χ4v) is 0.0909. The molecule has 0 aliphatic rings. The molecule has 2 nitrogen and oxygen atoms in total. The van der Waals surface area contributed by atoms with Crippen LogP contribution in [0.2, 0.25) is 3.17 Å². The number of ketones is 1. The maximum absolute atomic E-state index is 10.2. The van der Waals surface area contributed by atoms with Gasteiger partial charge in [0.25, 0.3) is 0 Å². The number of hydrogen-bond acceptors (Lipinski definition) is 2. The zero-order valence-corrected chi connectivity index (χ0v) is 6.43. The van der Waals surface area contributed by atoms with E-state index < -0.39 is 0 Å². The second kappa shape index (κ2) is 3.20. The van der Waals surface area contributed by atoms with E-state index in [-0.39, 0.29) is 8.95 Å². The van der Waals surface area contributed by atoms with Crippen LogP contribution in [0.4, 0.5) is 0 Å². The molecule has 3 heteroatoms. The van der Waals surface area contributed by atoms with Crippen molar-refractivity contribution in [1.29, 1.82) is 5.26 Å². The summed E-state index contributed by atoms with van der Waals surface area (Å²) in [6.07, 6.45) is 0. The van der Waals surface area contributed by atoms with Crippen molar-refractivity contribution in [2.75, 3.05) is 0 Å². The van der Waals surface area contributed by atoms with Gasteiger partial charge in [-0.3, -0.25) is 0 Å². The van der Waals surface area contributed by atoms with Gasteiger partial charge in [-0.15, -0.1) is 0 Å². The van der Waals surface area contributed by atoms with Crippen molar-refractivity contribution < 1.29 is 4.79 Å². The number of hydrogen-bond donors (Lipinski definition) is 0. The molecule has 0 bridgehead atoms. The summed E-state index contributed by atoms with van der Waals surface area (Å²) in [6, 6.07) is 1.88. The van der Waals surface area contributed by atoms with Gasteiger partial charge in [0, 0.05) is 0 Å². The van der Waals surface area contributed by atoms with Crippen LogP contribution in [0.5, 0.6) is 0 Å². The molecule has 0 aromatic rings. The van der Waals surface area contributed by atoms with Crippen LogP contribution in [0.3, 0.4) is 0 Å². The third-order valence-corrected chi connectivity index (χ3v) is 1.87. The van der Waals surface area contributed by atoms with Gasteiger partial charge in [0.1, 0.15) is 0 Å². The first-order valence-corrected chi connectivity index (χ1v) is 3.24. The van der Waals surface area contributed by atoms with Crippen LogP contribution in [0.25, 0.3) is 0 Å². The van der Waals surface area contributed by atoms with E-state index in [1.54, 1.807) is 0 Å². The van der Waals surface area contributed by atoms with Gasteiger partial charge < -0.3 is 0 Å². The molecule has 0 N–H and O–H groups in total. The quantitative estimate of drug-likeness (QED) is 0.442. The number of nitriles is 1. The maximum atomic E-state index is 10.2. The second-order valence-corrected chi connectivity index (χ2v) is 2.62. The normalized spacial score (nSPS) is 12.3. The average molecular weight is 105 g/mol. The summed E-state index contributed by atoms with van der Waals surface area (Å²) in [5, 5.41) is 8.07. The first-order chi connectivity index (χ1) is 3.18. The van der Waals surface area contributed by atoms with E-state index in [0.717, 1.165) is 0 Å². The summed E-state index contributed by atoms with van der Waals surface area (Å²) in [7, 11) is 0. The summed E-state index contributed by atoms with van der Waals surface area (Å²) in [5.74, 6) is -0.00540. The SMILES string of the molecule is CC(=O)[CH]([Na])C#N. The monoisotopic (exact) mass is 105 g/mol. The minimum atomic E-state index is -0.292. The average Bonchev–Trinajstić information content (AvgIpc) is 1.65. The molecule has 0 fully saturated rings. The third kappa shape index (κ3) is 2.81. The van der Waals surface area contributed by atoms with Crippen molar-refractivity contribution in [2.45, 2.75) is 10.1 Å². The van der Waals surface area contributed by atoms with Gasteiger partial charge >= 0.3 is 59.9 Å². The molecule has 0 saturated carbocycles. The molecule has 0 aromatic heterocycles. The van der Waals surface area contributed by atoms with Crippen LogP contribution >= 0.6 is 0 Å². The van der Waals surface area contributed by atoms with E-state index in [2.05, 4.69) is 0 Å². The molecule has 0 aliphatic carbocycles. The molecule has 0 aliphatic heterocycles. The first kappa shape index (κ1) is 7.16. The van der Waals surface area contributed by atoms with Gasteiger partial charge in [-0.2, -0.15) is 0 Å². The van der Waals surface area contributed by atoms with Crippen LogP contribution in [0, 0.1) is 11.3 Å². The Kier molecular flexibility index (Phi) is 3.27. The topological polar surface area (TPSA) is 40.9 Å². The molecule has 0 saturated heterocycles. The van der Waals surface area contributed by atoms with Crippen LogP contribution in [-0.4, -0.2) is 33.7 Å². The predicted molar refractivity (Wildman–Crippen MR) is 25.8 cm³/mol. The van der Waals surface area contributed by atoms with Crippen LogP contribution in [0.1, 0.15) is 6.92 Å². The molecule has 0 aromatic carbocycles. The summed E-state index contributed by atoms with van der Waals surface area (Å²) < 4.78 is -0.292. The van der Waals surface area contributed by atoms with Crippen molar-refractivity contribution in [3.05, 3.63) is 0 Å². The van der Waals surface area contributed by atoms with E-state index in [0.29, 0.717) is 27.9 Å². The fourth-order valence-electron chi connectivity index (χ4n) is 0.0909. The van der Waals surface area contributed by atoms with Crippen LogP contribution in [0.15, 0.2) is 0 Å². The Morgan fingerprint density at radius 3 is 2.43 bits per heavy atom. The number of nitrogens with zero attached hydrogens (tertiary/aromatic N) is 1. The Balaban J connectivity index is 3.63. The van der Waals surface area contributed by atoms with Crippen molar-refractivity contribution in [3.63, 3.8) is 0 Å². The van der Waals surface area contributed by atoms with Crippen molar-refractivity contribution in [3.8, 4) is 6.07 Å². The number of carbonyl (C=O) groups is 1. The first-order valence-electron chi connectivity index (χ1n) is 2.08. The molecule has 32 valence electrons. The van der Waals surface area contributed by atoms with Gasteiger partial charge in [-0.25, -0.2) is 0 Å². The molecule has 0 rings (SSSR count). The zero-order valence-electron chi connectivity index (χ0n) is 4.43. The second-order valence-electron chi connectivity index (χ2n) is 1.46. The van der Waals surface area contributed by atoms with Gasteiger partial charge in [0.05, 0.1) is 0 Å². The molecule has 1 unspecified atom stereocenters. The van der Waals surface area contributed by atoms with Crippen LogP contribution < -0.4 is 0 Å². The molecule has 0 heterocycles. The van der Waals surface area contributed by atoms with Gasteiger partial charge in [0.2, 0.25) is 0 Å². The Bertz CT molecular complexity index is 115. The Morgan fingerprint density at radius 1 is 2.00 bits per heavy atom. The molecular formula is C4H4NNaO. The molecule has 7 heavy (non-hydrogen) atoms. The Labute approximate surface area is 59.9 Å². The Hall–Kier alpha value is 0.160.